The zero-order chi connectivity index (χ0) is 19.3. The van der Waals surface area contributed by atoms with Crippen molar-refractivity contribution in [1.82, 2.24) is 9.55 Å². The molecule has 7 heteroatoms. The lowest BCUT2D eigenvalue weighted by Gasteiger charge is -2.10. The van der Waals surface area contributed by atoms with E-state index in [0.717, 1.165) is 24.0 Å². The molecule has 0 atom stereocenters. The Hall–Kier alpha value is -2.50. The van der Waals surface area contributed by atoms with Gasteiger partial charge in [-0.15, -0.1) is 0 Å². The Balaban J connectivity index is 1.62. The molecule has 2 aromatic carbocycles. The van der Waals surface area contributed by atoms with Crippen LogP contribution in [0.15, 0.2) is 35.1 Å². The molecule has 0 bridgehead atoms. The Morgan fingerprint density at radius 1 is 1.11 bits per heavy atom. The summed E-state index contributed by atoms with van der Waals surface area (Å²) < 4.78 is 13.2. The van der Waals surface area contributed by atoms with Gasteiger partial charge in [0.1, 0.15) is 5.82 Å². The van der Waals surface area contributed by atoms with Crippen LogP contribution < -0.4 is 15.0 Å². The zero-order valence-corrected chi connectivity index (χ0v) is 16.4. The molecule has 0 spiro atoms. The molecular formula is C21H16Cl2N2O3. The lowest BCUT2D eigenvalue weighted by molar-refractivity contribution is 0.297. The van der Waals surface area contributed by atoms with Gasteiger partial charge < -0.3 is 9.47 Å². The van der Waals surface area contributed by atoms with E-state index in [-0.39, 0.29) is 5.56 Å². The number of ether oxygens (including phenoxy) is 2. The molecule has 5 rings (SSSR count). The topological polar surface area (TPSA) is 53.4 Å². The van der Waals surface area contributed by atoms with Crippen molar-refractivity contribution in [3.8, 4) is 11.5 Å². The van der Waals surface area contributed by atoms with Crippen molar-refractivity contribution >= 4 is 45.8 Å². The summed E-state index contributed by atoms with van der Waals surface area (Å²) in [5, 5.41) is 1.65. The van der Waals surface area contributed by atoms with E-state index < -0.39 is 0 Å². The molecular weight excluding hydrogens is 399 g/mol. The average Bonchev–Trinajstić information content (AvgIpc) is 2.90. The molecule has 0 N–H and O–H groups in total. The normalized spacial score (nSPS) is 17.0. The van der Waals surface area contributed by atoms with Crippen LogP contribution >= 0.6 is 23.2 Å². The fourth-order valence-electron chi connectivity index (χ4n) is 3.66. The summed E-state index contributed by atoms with van der Waals surface area (Å²) in [6.07, 6.45) is 3.54. The maximum atomic E-state index is 12.8. The smallest absolute Gasteiger partial charge is 0.261 e. The maximum Gasteiger partial charge on any atom is 0.261 e. The van der Waals surface area contributed by atoms with Crippen LogP contribution in [0, 0.1) is 0 Å². The van der Waals surface area contributed by atoms with Gasteiger partial charge in [0.2, 0.25) is 0 Å². The number of nitrogens with zero attached hydrogens (tertiary/aromatic N) is 2. The van der Waals surface area contributed by atoms with Crippen LogP contribution in [0.5, 0.6) is 11.5 Å². The fraction of sp³-hybridized carbons (Fsp3) is 0.238. The van der Waals surface area contributed by atoms with Gasteiger partial charge in [-0.2, -0.15) is 0 Å². The van der Waals surface area contributed by atoms with Crippen LogP contribution in [0.1, 0.15) is 24.2 Å². The first-order valence-corrected chi connectivity index (χ1v) is 9.86. The van der Waals surface area contributed by atoms with Crippen LogP contribution in [0.25, 0.3) is 22.6 Å². The highest BCUT2D eigenvalue weighted by atomic mass is 35.5. The lowest BCUT2D eigenvalue weighted by atomic mass is 10.1. The molecule has 0 saturated heterocycles. The molecule has 2 aliphatic heterocycles. The van der Waals surface area contributed by atoms with E-state index in [1.54, 1.807) is 22.8 Å². The van der Waals surface area contributed by atoms with Crippen molar-refractivity contribution in [3.05, 3.63) is 62.1 Å². The van der Waals surface area contributed by atoms with E-state index in [2.05, 4.69) is 0 Å². The Morgan fingerprint density at radius 2 is 1.96 bits per heavy atom. The minimum atomic E-state index is -0.0447. The second-order valence-corrected chi connectivity index (χ2v) is 7.70. The monoisotopic (exact) mass is 414 g/mol. The van der Waals surface area contributed by atoms with Crippen LogP contribution in [-0.4, -0.2) is 22.8 Å². The largest absolute Gasteiger partial charge is 0.489 e. The highest BCUT2D eigenvalue weighted by molar-refractivity contribution is 6.32. The average molecular weight is 415 g/mol. The Kier molecular flexibility index (Phi) is 4.29. The molecule has 3 aromatic rings. The molecule has 5 nitrogen and oxygen atoms in total. The number of rotatable bonds is 1. The van der Waals surface area contributed by atoms with E-state index >= 15 is 0 Å². The summed E-state index contributed by atoms with van der Waals surface area (Å²) >= 11 is 12.5. The second-order valence-electron chi connectivity index (χ2n) is 6.85. The Labute approximate surface area is 171 Å². The molecule has 2 aliphatic rings. The van der Waals surface area contributed by atoms with Gasteiger partial charge in [-0.3, -0.25) is 9.36 Å². The van der Waals surface area contributed by atoms with Crippen molar-refractivity contribution in [3.63, 3.8) is 0 Å². The molecule has 1 aromatic heterocycles. The van der Waals surface area contributed by atoms with Crippen molar-refractivity contribution in [2.24, 2.45) is 0 Å². The summed E-state index contributed by atoms with van der Waals surface area (Å²) in [5.41, 5.74) is 2.42. The summed E-state index contributed by atoms with van der Waals surface area (Å²) in [5.74, 6) is 1.90. The standard InChI is InChI=1S/C21H16Cl2N2O3/c22-14-2-3-15-17(11-14)24-20-13(4-5-25(20)21(15)26)8-12-9-16(23)19-18(10-12)27-6-1-7-28-19/h2-3,8-11H,1,4-7H2/b13-8+. The zero-order valence-electron chi connectivity index (χ0n) is 14.9. The van der Waals surface area contributed by atoms with E-state index in [9.17, 15) is 4.79 Å². The van der Waals surface area contributed by atoms with Crippen LogP contribution in [0.2, 0.25) is 10.0 Å². The second kappa shape index (κ2) is 6.83. The molecule has 0 unspecified atom stereocenters. The molecule has 28 heavy (non-hydrogen) atoms. The molecule has 0 fully saturated rings. The van der Waals surface area contributed by atoms with Gasteiger partial charge in [0.15, 0.2) is 11.5 Å². The molecule has 0 amide bonds. The van der Waals surface area contributed by atoms with E-state index in [1.807, 2.05) is 18.2 Å². The van der Waals surface area contributed by atoms with Crippen LogP contribution in [0.4, 0.5) is 0 Å². The molecule has 0 radical (unpaired) electrons. The van der Waals surface area contributed by atoms with Crippen molar-refractivity contribution in [1.29, 1.82) is 0 Å². The first-order valence-electron chi connectivity index (χ1n) is 9.10. The maximum absolute atomic E-state index is 12.8. The van der Waals surface area contributed by atoms with Gasteiger partial charge in [0.25, 0.3) is 5.56 Å². The summed E-state index contributed by atoms with van der Waals surface area (Å²) in [4.78, 5) is 17.5. The first-order chi connectivity index (χ1) is 13.6. The SMILES string of the molecule is O=c1c2ccc(Cl)cc2nc2n1CC/C2=C\c1cc(Cl)c2c(c1)OCCCO2. The molecule has 0 aliphatic carbocycles. The van der Waals surface area contributed by atoms with Gasteiger partial charge in [0, 0.05) is 18.0 Å². The Bertz CT molecular complexity index is 1200. The summed E-state index contributed by atoms with van der Waals surface area (Å²) in [6.45, 7) is 1.78. The summed E-state index contributed by atoms with van der Waals surface area (Å²) in [7, 11) is 0. The van der Waals surface area contributed by atoms with Gasteiger partial charge in [-0.05, 0) is 54.0 Å². The molecule has 3 heterocycles. The van der Waals surface area contributed by atoms with Gasteiger partial charge in [-0.1, -0.05) is 23.2 Å². The van der Waals surface area contributed by atoms with Crippen LogP contribution in [-0.2, 0) is 6.54 Å². The van der Waals surface area contributed by atoms with E-state index in [1.165, 1.54) is 0 Å². The third-order valence-electron chi connectivity index (χ3n) is 4.97. The number of hydrogen-bond acceptors (Lipinski definition) is 4. The Morgan fingerprint density at radius 3 is 2.86 bits per heavy atom. The summed E-state index contributed by atoms with van der Waals surface area (Å²) in [6, 6.07) is 8.93. The minimum Gasteiger partial charge on any atom is -0.489 e. The number of halogens is 2. The van der Waals surface area contributed by atoms with Gasteiger partial charge in [-0.25, -0.2) is 4.98 Å². The third kappa shape index (κ3) is 2.95. The molecule has 142 valence electrons. The van der Waals surface area contributed by atoms with Crippen molar-refractivity contribution in [2.75, 3.05) is 13.2 Å². The van der Waals surface area contributed by atoms with Gasteiger partial charge in [0.05, 0.1) is 29.1 Å². The number of fused-ring (bicyclic) bond motifs is 3. The number of hydrogen-bond donors (Lipinski definition) is 0. The van der Waals surface area contributed by atoms with Crippen LogP contribution in [0.3, 0.4) is 0 Å². The highest BCUT2D eigenvalue weighted by Crippen LogP contribution is 2.39. The lowest BCUT2D eigenvalue weighted by Crippen LogP contribution is -2.20. The minimum absolute atomic E-state index is 0.0447. The van der Waals surface area contributed by atoms with E-state index in [0.29, 0.717) is 58.0 Å². The number of aromatic nitrogens is 2. The predicted octanol–water partition coefficient (Wildman–Crippen LogP) is 4.81. The fourth-order valence-corrected chi connectivity index (χ4v) is 4.10. The van der Waals surface area contributed by atoms with Crippen molar-refractivity contribution in [2.45, 2.75) is 19.4 Å². The van der Waals surface area contributed by atoms with Crippen molar-refractivity contribution < 1.29 is 9.47 Å². The van der Waals surface area contributed by atoms with E-state index in [4.69, 9.17) is 37.7 Å². The molecule has 0 saturated carbocycles. The first kappa shape index (κ1) is 17.6. The third-order valence-corrected chi connectivity index (χ3v) is 5.49. The number of allylic oxidation sites excluding steroid dienone is 1. The van der Waals surface area contributed by atoms with Gasteiger partial charge >= 0.3 is 0 Å². The highest BCUT2D eigenvalue weighted by Gasteiger charge is 2.22. The number of benzene rings is 2. The quantitative estimate of drug-likeness (QED) is 0.573. The predicted molar refractivity (Wildman–Crippen MR) is 111 cm³/mol.